The minimum absolute atomic E-state index is 0.0611. The number of benzene rings is 2. The van der Waals surface area contributed by atoms with Gasteiger partial charge in [-0.1, -0.05) is 210 Å². The molecule has 47 heavy (non-hydrogen) atoms. The average Bonchev–Trinajstić information content (AvgIpc) is 3.43. The van der Waals surface area contributed by atoms with E-state index >= 15 is 0 Å². The zero-order chi connectivity index (χ0) is 33.3. The van der Waals surface area contributed by atoms with E-state index in [0.717, 1.165) is 25.9 Å². The highest BCUT2D eigenvalue weighted by Gasteiger charge is 2.49. The molecule has 2 aromatic carbocycles. The summed E-state index contributed by atoms with van der Waals surface area (Å²) < 4.78 is 0. The molecule has 1 unspecified atom stereocenters. The summed E-state index contributed by atoms with van der Waals surface area (Å²) >= 11 is 0. The summed E-state index contributed by atoms with van der Waals surface area (Å²) in [4.78, 5) is 5.57. The van der Waals surface area contributed by atoms with Crippen LogP contribution in [0.25, 0.3) is 0 Å². The Morgan fingerprint density at radius 2 is 0.809 bits per heavy atom. The van der Waals surface area contributed by atoms with Gasteiger partial charge in [-0.15, -0.1) is 0 Å². The van der Waals surface area contributed by atoms with Crippen molar-refractivity contribution in [3.63, 3.8) is 0 Å². The van der Waals surface area contributed by atoms with Crippen molar-refractivity contribution in [1.29, 1.82) is 0 Å². The molecule has 0 radical (unpaired) electrons. The van der Waals surface area contributed by atoms with Gasteiger partial charge in [-0.05, 0) is 30.4 Å². The minimum Gasteiger partial charge on any atom is -0.353 e. The summed E-state index contributed by atoms with van der Waals surface area (Å²) in [7, 11) is 0. The van der Waals surface area contributed by atoms with Gasteiger partial charge < -0.3 is 9.80 Å². The fourth-order valence-corrected chi connectivity index (χ4v) is 8.15. The second-order valence-corrected chi connectivity index (χ2v) is 14.7. The number of hydrogen-bond donors (Lipinski definition) is 0. The molecule has 0 bridgehead atoms. The molecule has 0 spiro atoms. The van der Waals surface area contributed by atoms with Gasteiger partial charge in [-0.2, -0.15) is 0 Å². The molecule has 1 aliphatic rings. The van der Waals surface area contributed by atoms with E-state index in [4.69, 9.17) is 0 Å². The number of rotatable bonds is 29. The summed E-state index contributed by atoms with van der Waals surface area (Å²) in [5.41, 5.74) is 2.88. The van der Waals surface area contributed by atoms with Crippen LogP contribution in [0.4, 0.5) is 0 Å². The first-order valence-electron chi connectivity index (χ1n) is 20.6. The molecule has 2 aromatic rings. The maximum Gasteiger partial charge on any atom is 0.123 e. The lowest BCUT2D eigenvalue weighted by Crippen LogP contribution is -2.59. The largest absolute Gasteiger partial charge is 0.353 e. The highest BCUT2D eigenvalue weighted by atomic mass is 15.4. The van der Waals surface area contributed by atoms with E-state index in [0.29, 0.717) is 5.92 Å². The van der Waals surface area contributed by atoms with Crippen molar-refractivity contribution < 1.29 is 0 Å². The van der Waals surface area contributed by atoms with E-state index in [1.54, 1.807) is 0 Å². The zero-order valence-electron chi connectivity index (χ0n) is 31.3. The van der Waals surface area contributed by atoms with Crippen molar-refractivity contribution in [2.75, 3.05) is 13.1 Å². The van der Waals surface area contributed by atoms with E-state index in [2.05, 4.69) is 104 Å². The molecule has 0 aromatic heterocycles. The second-order valence-electron chi connectivity index (χ2n) is 14.7. The third kappa shape index (κ3) is 14.0. The first-order chi connectivity index (χ1) is 23.3. The molecule has 1 heterocycles. The van der Waals surface area contributed by atoms with Gasteiger partial charge in [0.05, 0.1) is 0 Å². The van der Waals surface area contributed by atoms with Crippen molar-refractivity contribution in [3.05, 3.63) is 84.2 Å². The lowest BCUT2D eigenvalue weighted by Gasteiger charge is -2.51. The van der Waals surface area contributed by atoms with E-state index < -0.39 is 0 Å². The molecule has 0 aliphatic carbocycles. The smallest absolute Gasteiger partial charge is 0.123 e. The highest BCUT2D eigenvalue weighted by molar-refractivity contribution is 5.30. The van der Waals surface area contributed by atoms with Gasteiger partial charge in [0.25, 0.3) is 0 Å². The Bertz CT molecular complexity index is 979. The first-order valence-corrected chi connectivity index (χ1v) is 20.6. The van der Waals surface area contributed by atoms with Crippen LogP contribution in [0.1, 0.15) is 185 Å². The normalized spacial score (nSPS) is 14.7. The summed E-state index contributed by atoms with van der Waals surface area (Å²) in [6.07, 6.45) is 37.9. The van der Waals surface area contributed by atoms with Crippen LogP contribution >= 0.6 is 0 Å². The Kier molecular flexibility index (Phi) is 20.7. The maximum absolute atomic E-state index is 2.79. The molecule has 2 nitrogen and oxygen atoms in total. The quantitative estimate of drug-likeness (QED) is 0.0815. The summed E-state index contributed by atoms with van der Waals surface area (Å²) in [5.74, 6) is 0.444. The fourth-order valence-electron chi connectivity index (χ4n) is 8.15. The topological polar surface area (TPSA) is 6.48 Å². The molecule has 0 saturated heterocycles. The molecule has 0 N–H and O–H groups in total. The third-order valence-corrected chi connectivity index (χ3v) is 10.9. The predicted octanol–water partition coefficient (Wildman–Crippen LogP) is 13.8. The Labute approximate surface area is 292 Å². The van der Waals surface area contributed by atoms with E-state index in [-0.39, 0.29) is 5.66 Å². The van der Waals surface area contributed by atoms with Crippen LogP contribution in [0.3, 0.4) is 0 Å². The standard InChI is InChI=1S/C45H74N2/c1-4-7-9-11-13-15-17-19-21-23-31-37-46-39-40-47(38-32-24-22-20-18-16-14-12-10-8-5-2)45(46,41-42-33-27-25-28-34-42)44(6-3)43-35-29-26-30-36-43/h25-30,33-36,39-40,44H,4-24,31-32,37-38,41H2,1-3H3. The lowest BCUT2D eigenvalue weighted by molar-refractivity contribution is -0.00378. The van der Waals surface area contributed by atoms with Gasteiger partial charge in [0.2, 0.25) is 0 Å². The van der Waals surface area contributed by atoms with Crippen LogP contribution in [-0.4, -0.2) is 28.6 Å². The van der Waals surface area contributed by atoms with Crippen LogP contribution in [-0.2, 0) is 6.42 Å². The van der Waals surface area contributed by atoms with Crippen LogP contribution in [0.2, 0.25) is 0 Å². The molecule has 3 rings (SSSR count). The number of unbranched alkanes of at least 4 members (excludes halogenated alkanes) is 20. The third-order valence-electron chi connectivity index (χ3n) is 10.9. The predicted molar refractivity (Wildman–Crippen MR) is 208 cm³/mol. The molecular weight excluding hydrogens is 569 g/mol. The molecule has 0 fully saturated rings. The average molecular weight is 643 g/mol. The van der Waals surface area contributed by atoms with E-state index in [1.807, 2.05) is 0 Å². The molecule has 264 valence electrons. The van der Waals surface area contributed by atoms with Crippen molar-refractivity contribution in [2.24, 2.45) is 0 Å². The molecule has 0 saturated carbocycles. The monoisotopic (exact) mass is 643 g/mol. The molecule has 2 heteroatoms. The molecular formula is C45H74N2. The van der Waals surface area contributed by atoms with Gasteiger partial charge >= 0.3 is 0 Å². The van der Waals surface area contributed by atoms with Crippen molar-refractivity contribution in [3.8, 4) is 0 Å². The Hall–Kier alpha value is -2.22. The molecule has 1 atom stereocenters. The Morgan fingerprint density at radius 1 is 0.447 bits per heavy atom. The number of nitrogens with zero attached hydrogens (tertiary/aromatic N) is 2. The SMILES string of the molecule is CCCCCCCCCCCCCN1C=CN(CCCCCCCCCCCCC)C1(Cc1ccccc1)C(CC)c1ccccc1. The van der Waals surface area contributed by atoms with E-state index in [1.165, 1.54) is 152 Å². The Morgan fingerprint density at radius 3 is 1.19 bits per heavy atom. The van der Waals surface area contributed by atoms with Gasteiger partial charge in [0.1, 0.15) is 5.66 Å². The van der Waals surface area contributed by atoms with Crippen LogP contribution < -0.4 is 0 Å². The van der Waals surface area contributed by atoms with Gasteiger partial charge in [-0.3, -0.25) is 0 Å². The minimum atomic E-state index is -0.0611. The zero-order valence-corrected chi connectivity index (χ0v) is 31.3. The first kappa shape index (κ1) is 39.2. The van der Waals surface area contributed by atoms with Crippen LogP contribution in [0.5, 0.6) is 0 Å². The van der Waals surface area contributed by atoms with Crippen molar-refractivity contribution in [2.45, 2.75) is 186 Å². The van der Waals surface area contributed by atoms with Crippen molar-refractivity contribution >= 4 is 0 Å². The van der Waals surface area contributed by atoms with Crippen LogP contribution in [0, 0.1) is 0 Å². The Balaban J connectivity index is 1.62. The highest BCUT2D eigenvalue weighted by Crippen LogP contribution is 2.45. The van der Waals surface area contributed by atoms with Gasteiger partial charge in [-0.25, -0.2) is 0 Å². The summed E-state index contributed by atoms with van der Waals surface area (Å²) in [6, 6.07) is 22.8. The number of hydrogen-bond acceptors (Lipinski definition) is 2. The van der Waals surface area contributed by atoms with E-state index in [9.17, 15) is 0 Å². The molecule has 1 aliphatic heterocycles. The van der Waals surface area contributed by atoms with Gasteiger partial charge in [0.15, 0.2) is 0 Å². The van der Waals surface area contributed by atoms with Crippen molar-refractivity contribution in [1.82, 2.24) is 9.80 Å². The molecule has 0 amide bonds. The second kappa shape index (κ2) is 24.9. The summed E-state index contributed by atoms with van der Waals surface area (Å²) in [5, 5.41) is 0. The summed E-state index contributed by atoms with van der Waals surface area (Å²) in [6.45, 7) is 9.34. The van der Waals surface area contributed by atoms with Crippen LogP contribution in [0.15, 0.2) is 73.1 Å². The fraction of sp³-hybridized carbons (Fsp3) is 0.689. The van der Waals surface area contributed by atoms with Gasteiger partial charge in [0, 0.05) is 37.8 Å². The maximum atomic E-state index is 2.79. The lowest BCUT2D eigenvalue weighted by atomic mass is 9.78.